The highest BCUT2D eigenvalue weighted by Crippen LogP contribution is 2.20. The van der Waals surface area contributed by atoms with Crippen LogP contribution in [-0.2, 0) is 6.42 Å². The van der Waals surface area contributed by atoms with E-state index in [9.17, 15) is 4.79 Å². The van der Waals surface area contributed by atoms with Crippen LogP contribution in [0.3, 0.4) is 0 Å². The fourth-order valence-corrected chi connectivity index (χ4v) is 3.91. The van der Waals surface area contributed by atoms with Crippen LogP contribution in [0.4, 0.5) is 0 Å². The monoisotopic (exact) mass is 396 g/mol. The molecule has 0 spiro atoms. The molecule has 1 aliphatic rings. The summed E-state index contributed by atoms with van der Waals surface area (Å²) in [6, 6.07) is 15.8. The number of hydrogen-bond acceptors (Lipinski definition) is 2. The fraction of sp³-hybridized carbons (Fsp3) is 0.375. The van der Waals surface area contributed by atoms with Gasteiger partial charge in [-0.3, -0.25) is 4.79 Å². The van der Waals surface area contributed by atoms with Gasteiger partial charge in [0.05, 0.1) is 0 Å². The van der Waals surface area contributed by atoms with E-state index in [1.165, 1.54) is 5.56 Å². The van der Waals surface area contributed by atoms with Gasteiger partial charge in [0, 0.05) is 30.7 Å². The Morgan fingerprint density at radius 3 is 2.39 bits per heavy atom. The largest absolute Gasteiger partial charge is 0.341 e. The molecular weight excluding hydrogens is 368 g/mol. The van der Waals surface area contributed by atoms with Crippen molar-refractivity contribution in [1.82, 2.24) is 9.80 Å². The van der Waals surface area contributed by atoms with Crippen LogP contribution in [0.2, 0.25) is 5.02 Å². The van der Waals surface area contributed by atoms with Crippen molar-refractivity contribution in [2.45, 2.75) is 19.3 Å². The second-order valence-corrected chi connectivity index (χ2v) is 8.11. The third-order valence-corrected chi connectivity index (χ3v) is 5.86. The zero-order valence-corrected chi connectivity index (χ0v) is 17.4. The first kappa shape index (κ1) is 20.6. The molecule has 0 saturated carbocycles. The van der Waals surface area contributed by atoms with Crippen LogP contribution >= 0.6 is 11.6 Å². The second-order valence-electron chi connectivity index (χ2n) is 7.67. The molecule has 3 nitrogen and oxygen atoms in total. The number of carbonyl (C=O) groups excluding carboxylic acids is 1. The minimum atomic E-state index is 0.0979. The molecule has 0 radical (unpaired) electrons. The van der Waals surface area contributed by atoms with Gasteiger partial charge in [-0.2, -0.15) is 0 Å². The lowest BCUT2D eigenvalue weighted by molar-refractivity contribution is 0.0740. The molecule has 1 saturated heterocycles. The van der Waals surface area contributed by atoms with Crippen LogP contribution < -0.4 is 0 Å². The Labute approximate surface area is 173 Å². The van der Waals surface area contributed by atoms with Crippen LogP contribution in [0.15, 0.2) is 55.1 Å². The third kappa shape index (κ3) is 5.70. The first-order valence-corrected chi connectivity index (χ1v) is 10.4. The van der Waals surface area contributed by atoms with E-state index in [0.29, 0.717) is 5.92 Å². The Hall–Kier alpha value is -2.10. The van der Waals surface area contributed by atoms with Gasteiger partial charge >= 0.3 is 0 Å². The predicted octanol–water partition coefficient (Wildman–Crippen LogP) is 5.01. The van der Waals surface area contributed by atoms with Crippen LogP contribution in [0, 0.1) is 5.92 Å². The summed E-state index contributed by atoms with van der Waals surface area (Å²) in [6.07, 6.45) is 5.14. The number of amides is 1. The minimum Gasteiger partial charge on any atom is -0.341 e. The lowest BCUT2D eigenvalue weighted by Crippen LogP contribution is -2.40. The maximum Gasteiger partial charge on any atom is 0.253 e. The van der Waals surface area contributed by atoms with Crippen LogP contribution in [-0.4, -0.2) is 48.9 Å². The summed E-state index contributed by atoms with van der Waals surface area (Å²) >= 11 is 5.95. The topological polar surface area (TPSA) is 23.6 Å². The van der Waals surface area contributed by atoms with Crippen molar-refractivity contribution in [2.75, 3.05) is 33.2 Å². The summed E-state index contributed by atoms with van der Waals surface area (Å²) in [7, 11) is 1.91. The molecule has 4 heteroatoms. The molecule has 1 fully saturated rings. The summed E-state index contributed by atoms with van der Waals surface area (Å²) in [5, 5.41) is 0.792. The van der Waals surface area contributed by atoms with Gasteiger partial charge in [-0.25, -0.2) is 0 Å². The molecule has 0 unspecified atom stereocenters. The first-order chi connectivity index (χ1) is 13.5. The molecule has 0 aromatic heterocycles. The van der Waals surface area contributed by atoms with Crippen molar-refractivity contribution in [3.63, 3.8) is 0 Å². The van der Waals surface area contributed by atoms with E-state index in [1.807, 2.05) is 48.3 Å². The quantitative estimate of drug-likeness (QED) is 0.656. The van der Waals surface area contributed by atoms with Gasteiger partial charge in [-0.1, -0.05) is 48.5 Å². The second kappa shape index (κ2) is 9.90. The normalized spacial score (nSPS) is 15.4. The number of piperidine rings is 1. The molecular formula is C24H29ClN2O. The van der Waals surface area contributed by atoms with Crippen molar-refractivity contribution in [3.05, 3.63) is 76.8 Å². The Balaban J connectivity index is 1.42. The van der Waals surface area contributed by atoms with Gasteiger partial charge in [0.15, 0.2) is 0 Å². The van der Waals surface area contributed by atoms with Gasteiger partial charge in [0.2, 0.25) is 0 Å². The van der Waals surface area contributed by atoms with Crippen molar-refractivity contribution in [1.29, 1.82) is 0 Å². The van der Waals surface area contributed by atoms with Gasteiger partial charge in [-0.15, -0.1) is 0 Å². The number of nitrogens with zero attached hydrogens (tertiary/aromatic N) is 2. The van der Waals surface area contributed by atoms with E-state index >= 15 is 0 Å². The zero-order valence-electron chi connectivity index (χ0n) is 16.6. The van der Waals surface area contributed by atoms with Gasteiger partial charge in [-0.05, 0) is 73.7 Å². The van der Waals surface area contributed by atoms with E-state index in [2.05, 4.69) is 23.6 Å². The highest BCUT2D eigenvalue weighted by atomic mass is 35.5. The molecule has 1 heterocycles. The van der Waals surface area contributed by atoms with Crippen molar-refractivity contribution >= 4 is 23.6 Å². The molecule has 28 heavy (non-hydrogen) atoms. The van der Waals surface area contributed by atoms with Crippen molar-refractivity contribution < 1.29 is 4.79 Å². The number of likely N-dealkylation sites (tertiary alicyclic amines) is 1. The average molecular weight is 397 g/mol. The Kier molecular flexibility index (Phi) is 7.30. The average Bonchev–Trinajstić information content (AvgIpc) is 2.74. The standard InChI is InChI=1S/C24H29ClN2O/c1-3-19-4-8-22(9-5-19)24(28)26(2)18-21-13-16-27(17-14-21)15-12-20-6-10-23(25)11-7-20/h3-11,21H,1,12-18H2,2H3. The van der Waals surface area contributed by atoms with Crippen LogP contribution in [0.25, 0.3) is 6.08 Å². The fourth-order valence-electron chi connectivity index (χ4n) is 3.78. The summed E-state index contributed by atoms with van der Waals surface area (Å²) in [6.45, 7) is 7.87. The Bertz CT molecular complexity index is 777. The van der Waals surface area contributed by atoms with Gasteiger partial charge in [0.1, 0.15) is 0 Å². The summed E-state index contributed by atoms with van der Waals surface area (Å²) < 4.78 is 0. The molecule has 2 aromatic rings. The summed E-state index contributed by atoms with van der Waals surface area (Å²) in [5.41, 5.74) is 3.11. The lowest BCUT2D eigenvalue weighted by Gasteiger charge is -2.34. The molecule has 148 valence electrons. The molecule has 1 aliphatic heterocycles. The van der Waals surface area contributed by atoms with Crippen LogP contribution in [0.5, 0.6) is 0 Å². The maximum absolute atomic E-state index is 12.6. The number of hydrogen-bond donors (Lipinski definition) is 0. The molecule has 0 aliphatic carbocycles. The van der Waals surface area contributed by atoms with Crippen molar-refractivity contribution in [2.24, 2.45) is 5.92 Å². The van der Waals surface area contributed by atoms with E-state index in [-0.39, 0.29) is 5.91 Å². The SMILES string of the molecule is C=Cc1ccc(C(=O)N(C)CC2CCN(CCc3ccc(Cl)cc3)CC2)cc1. The van der Waals surface area contributed by atoms with Gasteiger partial charge < -0.3 is 9.80 Å². The first-order valence-electron chi connectivity index (χ1n) is 10.00. The van der Waals surface area contributed by atoms with E-state index in [0.717, 1.165) is 61.6 Å². The molecule has 3 rings (SSSR count). The number of benzene rings is 2. The number of carbonyl (C=O) groups is 1. The van der Waals surface area contributed by atoms with Crippen molar-refractivity contribution in [3.8, 4) is 0 Å². The maximum atomic E-state index is 12.6. The van der Waals surface area contributed by atoms with Gasteiger partial charge in [0.25, 0.3) is 5.91 Å². The Morgan fingerprint density at radius 1 is 1.14 bits per heavy atom. The smallest absolute Gasteiger partial charge is 0.253 e. The number of rotatable bonds is 7. The van der Waals surface area contributed by atoms with Crippen LogP contribution in [0.1, 0.15) is 34.3 Å². The molecule has 0 atom stereocenters. The predicted molar refractivity (Wildman–Crippen MR) is 118 cm³/mol. The molecule has 1 amide bonds. The van der Waals surface area contributed by atoms with E-state index in [4.69, 9.17) is 11.6 Å². The van der Waals surface area contributed by atoms with E-state index in [1.54, 1.807) is 6.08 Å². The van der Waals surface area contributed by atoms with E-state index < -0.39 is 0 Å². The molecule has 0 N–H and O–H groups in total. The third-order valence-electron chi connectivity index (χ3n) is 5.61. The summed E-state index contributed by atoms with van der Waals surface area (Å²) in [5.74, 6) is 0.675. The minimum absolute atomic E-state index is 0.0979. The zero-order chi connectivity index (χ0) is 19.9. The Morgan fingerprint density at radius 2 is 1.79 bits per heavy atom. The lowest BCUT2D eigenvalue weighted by atomic mass is 9.95. The molecule has 0 bridgehead atoms. The summed E-state index contributed by atoms with van der Waals surface area (Å²) in [4.78, 5) is 17.0. The highest BCUT2D eigenvalue weighted by molar-refractivity contribution is 6.30. The number of halogens is 1. The highest BCUT2D eigenvalue weighted by Gasteiger charge is 2.22. The molecule has 2 aromatic carbocycles.